The van der Waals surface area contributed by atoms with E-state index in [9.17, 15) is 4.79 Å². The molecule has 0 saturated heterocycles. The Bertz CT molecular complexity index is 709. The quantitative estimate of drug-likeness (QED) is 0.922. The van der Waals surface area contributed by atoms with Crippen molar-refractivity contribution >= 4 is 0 Å². The zero-order valence-electron chi connectivity index (χ0n) is 11.2. The van der Waals surface area contributed by atoms with Crippen molar-refractivity contribution in [3.63, 3.8) is 0 Å². The van der Waals surface area contributed by atoms with Gasteiger partial charge in [-0.3, -0.25) is 4.79 Å². The van der Waals surface area contributed by atoms with Crippen molar-refractivity contribution < 1.29 is 14.2 Å². The van der Waals surface area contributed by atoms with E-state index in [1.807, 2.05) is 6.92 Å². The van der Waals surface area contributed by atoms with Crippen molar-refractivity contribution in [3.05, 3.63) is 34.2 Å². The molecule has 0 atom stereocenters. The number of benzene rings is 1. The van der Waals surface area contributed by atoms with E-state index in [1.54, 1.807) is 19.2 Å². The van der Waals surface area contributed by atoms with Gasteiger partial charge >= 0.3 is 0 Å². The Labute approximate surface area is 115 Å². The maximum absolute atomic E-state index is 11.6. The summed E-state index contributed by atoms with van der Waals surface area (Å²) in [6.07, 6.45) is 0.693. The molecular weight excluding hydrogens is 260 g/mol. The van der Waals surface area contributed by atoms with Crippen LogP contribution >= 0.6 is 0 Å². The fourth-order valence-corrected chi connectivity index (χ4v) is 2.09. The van der Waals surface area contributed by atoms with E-state index in [0.29, 0.717) is 29.5 Å². The molecule has 0 radical (unpaired) electrons. The molecule has 1 aromatic carbocycles. The van der Waals surface area contributed by atoms with Gasteiger partial charge < -0.3 is 19.2 Å². The topological polar surface area (TPSA) is 73.4 Å². The van der Waals surface area contributed by atoms with Crippen LogP contribution in [0.2, 0.25) is 0 Å². The van der Waals surface area contributed by atoms with E-state index in [1.165, 1.54) is 6.07 Å². The number of hydrogen-bond donors (Lipinski definition) is 1. The first-order valence-electron chi connectivity index (χ1n) is 6.29. The maximum atomic E-state index is 11.6. The normalized spacial score (nSPS) is 12.5. The molecular formula is C14H14N2O4. The maximum Gasteiger partial charge on any atom is 0.251 e. The molecule has 1 aliphatic heterocycles. The van der Waals surface area contributed by atoms with Gasteiger partial charge in [-0.05, 0) is 18.6 Å². The highest BCUT2D eigenvalue weighted by atomic mass is 16.7. The molecule has 0 bridgehead atoms. The van der Waals surface area contributed by atoms with E-state index in [2.05, 4.69) is 9.97 Å². The summed E-state index contributed by atoms with van der Waals surface area (Å²) in [5.74, 6) is 2.21. The van der Waals surface area contributed by atoms with Crippen molar-refractivity contribution in [2.45, 2.75) is 13.3 Å². The molecule has 0 saturated carbocycles. The van der Waals surface area contributed by atoms with Gasteiger partial charge in [-0.15, -0.1) is 0 Å². The number of rotatable bonds is 3. The number of aryl methyl sites for hydroxylation is 1. The highest BCUT2D eigenvalue weighted by Crippen LogP contribution is 2.43. The smallest absolute Gasteiger partial charge is 0.251 e. The molecule has 6 heteroatoms. The molecule has 0 spiro atoms. The van der Waals surface area contributed by atoms with Crippen LogP contribution in [0.25, 0.3) is 11.4 Å². The number of ether oxygens (including phenoxy) is 3. The summed E-state index contributed by atoms with van der Waals surface area (Å²) >= 11 is 0. The highest BCUT2D eigenvalue weighted by Gasteiger charge is 2.21. The van der Waals surface area contributed by atoms with Crippen molar-refractivity contribution in [1.29, 1.82) is 0 Å². The molecule has 0 fully saturated rings. The Morgan fingerprint density at radius 3 is 2.95 bits per heavy atom. The molecule has 0 unspecified atom stereocenters. The van der Waals surface area contributed by atoms with Gasteiger partial charge in [0.05, 0.1) is 7.11 Å². The zero-order chi connectivity index (χ0) is 14.1. The summed E-state index contributed by atoms with van der Waals surface area (Å²) in [4.78, 5) is 18.8. The molecule has 3 rings (SSSR count). The van der Waals surface area contributed by atoms with E-state index in [0.717, 1.165) is 11.3 Å². The largest absolute Gasteiger partial charge is 0.493 e. The molecule has 0 aliphatic carbocycles. The van der Waals surface area contributed by atoms with Crippen LogP contribution in [0.1, 0.15) is 12.6 Å². The van der Waals surface area contributed by atoms with Crippen molar-refractivity contribution in [1.82, 2.24) is 9.97 Å². The molecule has 2 heterocycles. The average molecular weight is 274 g/mol. The predicted molar refractivity (Wildman–Crippen MR) is 72.3 cm³/mol. The molecule has 1 aliphatic rings. The van der Waals surface area contributed by atoms with Crippen LogP contribution in [0.4, 0.5) is 0 Å². The van der Waals surface area contributed by atoms with Gasteiger partial charge in [-0.25, -0.2) is 4.98 Å². The van der Waals surface area contributed by atoms with Gasteiger partial charge in [0.25, 0.3) is 5.56 Å². The summed E-state index contributed by atoms with van der Waals surface area (Å²) in [5, 5.41) is 0. The number of nitrogens with one attached hydrogen (secondary N) is 1. The summed E-state index contributed by atoms with van der Waals surface area (Å²) in [6, 6.07) is 5.04. The third-order valence-corrected chi connectivity index (χ3v) is 3.09. The lowest BCUT2D eigenvalue weighted by Gasteiger charge is -2.08. The van der Waals surface area contributed by atoms with E-state index in [-0.39, 0.29) is 12.4 Å². The molecule has 20 heavy (non-hydrogen) atoms. The summed E-state index contributed by atoms with van der Waals surface area (Å²) in [5.41, 5.74) is 1.28. The zero-order valence-corrected chi connectivity index (χ0v) is 11.2. The second kappa shape index (κ2) is 4.88. The number of H-pyrrole nitrogens is 1. The minimum atomic E-state index is -0.177. The molecule has 0 amide bonds. The van der Waals surface area contributed by atoms with Crippen molar-refractivity contribution in [3.8, 4) is 28.6 Å². The second-order valence-electron chi connectivity index (χ2n) is 4.35. The first kappa shape index (κ1) is 12.5. The second-order valence-corrected chi connectivity index (χ2v) is 4.35. The molecule has 2 aromatic rings. The van der Waals surface area contributed by atoms with Crippen LogP contribution in [0.3, 0.4) is 0 Å². The first-order chi connectivity index (χ1) is 9.71. The van der Waals surface area contributed by atoms with Gasteiger partial charge in [-0.2, -0.15) is 0 Å². The third kappa shape index (κ3) is 2.09. The van der Waals surface area contributed by atoms with Crippen LogP contribution in [0, 0.1) is 0 Å². The standard InChI is InChI=1S/C14H14N2O4/c1-3-9-6-12(17)16-14(15-9)8-4-10(18-2)13-11(5-8)19-7-20-13/h4-6H,3,7H2,1-2H3,(H,15,16,17). The Morgan fingerprint density at radius 2 is 2.20 bits per heavy atom. The summed E-state index contributed by atoms with van der Waals surface area (Å²) in [7, 11) is 1.56. The van der Waals surface area contributed by atoms with E-state index in [4.69, 9.17) is 14.2 Å². The molecule has 1 N–H and O–H groups in total. The number of fused-ring (bicyclic) bond motifs is 1. The highest BCUT2D eigenvalue weighted by molar-refractivity contribution is 5.67. The van der Waals surface area contributed by atoms with Gasteiger partial charge in [0.2, 0.25) is 12.5 Å². The lowest BCUT2D eigenvalue weighted by Crippen LogP contribution is -2.10. The van der Waals surface area contributed by atoms with Crippen molar-refractivity contribution in [2.75, 3.05) is 13.9 Å². The molecule has 6 nitrogen and oxygen atoms in total. The van der Waals surface area contributed by atoms with Crippen LogP contribution in [0.15, 0.2) is 23.0 Å². The fraction of sp³-hybridized carbons (Fsp3) is 0.286. The number of methoxy groups -OCH3 is 1. The van der Waals surface area contributed by atoms with Gasteiger partial charge in [-0.1, -0.05) is 6.92 Å². The first-order valence-corrected chi connectivity index (χ1v) is 6.29. The summed E-state index contributed by atoms with van der Waals surface area (Å²) < 4.78 is 16.0. The Hall–Kier alpha value is -2.50. The number of hydrogen-bond acceptors (Lipinski definition) is 5. The van der Waals surface area contributed by atoms with Gasteiger partial charge in [0.15, 0.2) is 11.5 Å². The minimum Gasteiger partial charge on any atom is -0.493 e. The number of aromatic amines is 1. The number of nitrogens with zero attached hydrogens (tertiary/aromatic N) is 1. The Kier molecular flexibility index (Phi) is 3.06. The molecule has 104 valence electrons. The average Bonchev–Trinajstić information content (AvgIpc) is 2.93. The Balaban J connectivity index is 2.15. The summed E-state index contributed by atoms with van der Waals surface area (Å²) in [6.45, 7) is 2.11. The van der Waals surface area contributed by atoms with Crippen LogP contribution in [-0.2, 0) is 6.42 Å². The predicted octanol–water partition coefficient (Wildman–Crippen LogP) is 1.74. The van der Waals surface area contributed by atoms with Crippen molar-refractivity contribution in [2.24, 2.45) is 0 Å². The van der Waals surface area contributed by atoms with Gasteiger partial charge in [0.1, 0.15) is 5.82 Å². The van der Waals surface area contributed by atoms with E-state index < -0.39 is 0 Å². The van der Waals surface area contributed by atoms with E-state index >= 15 is 0 Å². The lowest BCUT2D eigenvalue weighted by molar-refractivity contribution is 0.171. The molecule has 1 aromatic heterocycles. The fourth-order valence-electron chi connectivity index (χ4n) is 2.09. The SMILES string of the molecule is CCc1cc(=O)[nH]c(-c2cc(OC)c3c(c2)OCO3)n1. The van der Waals surface area contributed by atoms with Crippen LogP contribution in [-0.4, -0.2) is 23.9 Å². The van der Waals surface area contributed by atoms with Crippen LogP contribution in [0.5, 0.6) is 17.2 Å². The Morgan fingerprint density at radius 1 is 1.35 bits per heavy atom. The third-order valence-electron chi connectivity index (χ3n) is 3.09. The lowest BCUT2D eigenvalue weighted by atomic mass is 10.1. The number of aromatic nitrogens is 2. The minimum absolute atomic E-state index is 0.161. The van der Waals surface area contributed by atoms with Gasteiger partial charge in [0, 0.05) is 17.3 Å². The monoisotopic (exact) mass is 274 g/mol. The van der Waals surface area contributed by atoms with Crippen LogP contribution < -0.4 is 19.8 Å².